The Hall–Kier alpha value is -1.30. The molecule has 2 rings (SSSR count). The summed E-state index contributed by atoms with van der Waals surface area (Å²) in [6, 6.07) is 0.319. The molecule has 1 aliphatic carbocycles. The average Bonchev–Trinajstić information content (AvgIpc) is 2.48. The summed E-state index contributed by atoms with van der Waals surface area (Å²) in [4.78, 5) is 19.9. The molecule has 1 heterocycles. The fraction of sp³-hybridized carbons (Fsp3) is 0.667. The van der Waals surface area contributed by atoms with E-state index in [0.29, 0.717) is 17.6 Å². The highest BCUT2D eigenvalue weighted by Crippen LogP contribution is 2.29. The van der Waals surface area contributed by atoms with E-state index in [0.717, 1.165) is 18.1 Å². The number of anilines is 1. The maximum atomic E-state index is 11.4. The number of carboxylic acids is 1. The first kappa shape index (κ1) is 16.1. The molecule has 0 radical (unpaired) electrons. The fourth-order valence-corrected chi connectivity index (χ4v) is 3.35. The minimum atomic E-state index is -1.00. The molecule has 21 heavy (non-hydrogen) atoms. The van der Waals surface area contributed by atoms with Gasteiger partial charge < -0.3 is 10.4 Å². The molecule has 1 aromatic heterocycles. The minimum absolute atomic E-state index is 0.0840. The normalized spacial score (nSPS) is 22.3. The van der Waals surface area contributed by atoms with Crippen LogP contribution in [0.4, 0.5) is 5.69 Å². The van der Waals surface area contributed by atoms with Crippen LogP contribution in [0.3, 0.4) is 0 Å². The van der Waals surface area contributed by atoms with Crippen molar-refractivity contribution in [1.29, 1.82) is 0 Å². The number of hydrogen-bond acceptors (Lipinski definition) is 5. The highest BCUT2D eigenvalue weighted by atomic mass is 32.2. The van der Waals surface area contributed by atoms with Crippen molar-refractivity contribution in [3.05, 3.63) is 17.7 Å². The summed E-state index contributed by atoms with van der Waals surface area (Å²) >= 11 is 1.92. The first-order valence-electron chi connectivity index (χ1n) is 7.40. The molecule has 0 saturated heterocycles. The molecule has 2 N–H and O–H groups in total. The van der Waals surface area contributed by atoms with Gasteiger partial charge in [-0.1, -0.05) is 13.8 Å². The summed E-state index contributed by atoms with van der Waals surface area (Å²) in [5, 5.41) is 13.4. The van der Waals surface area contributed by atoms with Gasteiger partial charge in [0.1, 0.15) is 5.82 Å². The third-order valence-electron chi connectivity index (χ3n) is 3.89. The number of nitrogens with zero attached hydrogens (tertiary/aromatic N) is 2. The summed E-state index contributed by atoms with van der Waals surface area (Å²) in [6.07, 6.45) is 8.25. The lowest BCUT2D eigenvalue weighted by Gasteiger charge is -2.29. The second-order valence-electron chi connectivity index (χ2n) is 5.80. The zero-order valence-electron chi connectivity index (χ0n) is 12.8. The lowest BCUT2D eigenvalue weighted by molar-refractivity contribution is 0.0691. The smallest absolute Gasteiger partial charge is 0.356 e. The van der Waals surface area contributed by atoms with E-state index >= 15 is 0 Å². The van der Waals surface area contributed by atoms with Gasteiger partial charge in [0.05, 0.1) is 11.9 Å². The Morgan fingerprint density at radius 1 is 1.38 bits per heavy atom. The molecule has 1 aliphatic rings. The zero-order valence-corrected chi connectivity index (χ0v) is 13.6. The van der Waals surface area contributed by atoms with Gasteiger partial charge in [-0.2, -0.15) is 11.8 Å². The van der Waals surface area contributed by atoms with Gasteiger partial charge in [0.25, 0.3) is 0 Å². The molecule has 0 aliphatic heterocycles. The highest BCUT2D eigenvalue weighted by molar-refractivity contribution is 7.99. The van der Waals surface area contributed by atoms with Crippen LogP contribution in [0.1, 0.15) is 61.8 Å². The molecule has 116 valence electrons. The van der Waals surface area contributed by atoms with Crippen LogP contribution in [0.2, 0.25) is 0 Å². The van der Waals surface area contributed by atoms with Gasteiger partial charge in [0.15, 0.2) is 5.69 Å². The molecule has 0 aromatic carbocycles. The molecular weight excluding hydrogens is 286 g/mol. The van der Waals surface area contributed by atoms with E-state index in [1.165, 1.54) is 12.8 Å². The maximum Gasteiger partial charge on any atom is 0.356 e. The number of thioether (sulfide) groups is 1. The zero-order chi connectivity index (χ0) is 15.4. The van der Waals surface area contributed by atoms with Crippen molar-refractivity contribution in [1.82, 2.24) is 9.97 Å². The fourth-order valence-electron chi connectivity index (χ4n) is 2.61. The summed E-state index contributed by atoms with van der Waals surface area (Å²) in [5.41, 5.74) is 0.625. The first-order valence-corrected chi connectivity index (χ1v) is 8.69. The van der Waals surface area contributed by atoms with E-state index in [-0.39, 0.29) is 11.6 Å². The van der Waals surface area contributed by atoms with Crippen LogP contribution >= 0.6 is 11.8 Å². The van der Waals surface area contributed by atoms with Gasteiger partial charge in [0, 0.05) is 17.2 Å². The standard InChI is InChI=1S/C15H23N3O2S/c1-9(2)14-16-8-12(13(18-14)15(19)20)17-10-4-6-11(21-3)7-5-10/h8-11,17H,4-7H2,1-3H3,(H,19,20). The minimum Gasteiger partial charge on any atom is -0.476 e. The number of carbonyl (C=O) groups is 1. The monoisotopic (exact) mass is 309 g/mol. The van der Waals surface area contributed by atoms with E-state index in [2.05, 4.69) is 21.5 Å². The number of nitrogens with one attached hydrogen (secondary N) is 1. The largest absolute Gasteiger partial charge is 0.476 e. The van der Waals surface area contributed by atoms with Crippen molar-refractivity contribution < 1.29 is 9.90 Å². The molecule has 1 fully saturated rings. The van der Waals surface area contributed by atoms with Crippen molar-refractivity contribution in [2.45, 2.75) is 56.7 Å². The lowest BCUT2D eigenvalue weighted by atomic mass is 9.95. The van der Waals surface area contributed by atoms with Crippen molar-refractivity contribution >= 4 is 23.4 Å². The Bertz CT molecular complexity index is 500. The quantitative estimate of drug-likeness (QED) is 0.868. The molecule has 0 atom stereocenters. The summed E-state index contributed by atoms with van der Waals surface area (Å²) < 4.78 is 0. The molecule has 1 saturated carbocycles. The van der Waals surface area contributed by atoms with Gasteiger partial charge >= 0.3 is 5.97 Å². The summed E-state index contributed by atoms with van der Waals surface area (Å²) in [5.74, 6) is -0.308. The van der Waals surface area contributed by atoms with Crippen molar-refractivity contribution in [2.24, 2.45) is 0 Å². The molecule has 0 bridgehead atoms. The first-order chi connectivity index (χ1) is 10.0. The highest BCUT2D eigenvalue weighted by Gasteiger charge is 2.23. The SMILES string of the molecule is CSC1CCC(Nc2cnc(C(C)C)nc2C(=O)O)CC1. The molecule has 0 amide bonds. The van der Waals surface area contributed by atoms with Crippen LogP contribution in [-0.2, 0) is 0 Å². The summed E-state index contributed by atoms with van der Waals surface area (Å²) in [7, 11) is 0. The Kier molecular flexibility index (Phi) is 5.45. The molecular formula is C15H23N3O2S. The molecule has 0 unspecified atom stereocenters. The molecule has 1 aromatic rings. The van der Waals surface area contributed by atoms with E-state index in [1.807, 2.05) is 25.6 Å². The van der Waals surface area contributed by atoms with Gasteiger partial charge in [0.2, 0.25) is 0 Å². The van der Waals surface area contributed by atoms with Gasteiger partial charge in [-0.05, 0) is 31.9 Å². The molecule has 5 nitrogen and oxygen atoms in total. The van der Waals surface area contributed by atoms with Crippen molar-refractivity contribution in [3.63, 3.8) is 0 Å². The number of aromatic carboxylic acids is 1. The van der Waals surface area contributed by atoms with Gasteiger partial charge in [-0.15, -0.1) is 0 Å². The van der Waals surface area contributed by atoms with Gasteiger partial charge in [-0.3, -0.25) is 0 Å². The second-order valence-corrected chi connectivity index (χ2v) is 6.94. The van der Waals surface area contributed by atoms with E-state index < -0.39 is 5.97 Å². The van der Waals surface area contributed by atoms with Crippen LogP contribution in [0.15, 0.2) is 6.20 Å². The average molecular weight is 309 g/mol. The number of aromatic nitrogens is 2. The van der Waals surface area contributed by atoms with Crippen LogP contribution in [0.5, 0.6) is 0 Å². The lowest BCUT2D eigenvalue weighted by Crippen LogP contribution is -2.28. The summed E-state index contributed by atoms with van der Waals surface area (Å²) in [6.45, 7) is 3.91. The second kappa shape index (κ2) is 7.11. The predicted octanol–water partition coefficient (Wildman–Crippen LogP) is 3.38. The van der Waals surface area contributed by atoms with E-state index in [4.69, 9.17) is 0 Å². The predicted molar refractivity (Wildman–Crippen MR) is 86.3 cm³/mol. The van der Waals surface area contributed by atoms with Crippen LogP contribution in [-0.4, -0.2) is 38.6 Å². The Morgan fingerprint density at radius 3 is 2.57 bits per heavy atom. The Morgan fingerprint density at radius 2 is 2.05 bits per heavy atom. The van der Waals surface area contributed by atoms with Crippen LogP contribution < -0.4 is 5.32 Å². The third kappa shape index (κ3) is 4.09. The molecule has 6 heteroatoms. The van der Waals surface area contributed by atoms with Crippen molar-refractivity contribution in [3.8, 4) is 0 Å². The topological polar surface area (TPSA) is 75.1 Å². The Balaban J connectivity index is 2.11. The van der Waals surface area contributed by atoms with E-state index in [9.17, 15) is 9.90 Å². The van der Waals surface area contributed by atoms with Gasteiger partial charge in [-0.25, -0.2) is 14.8 Å². The maximum absolute atomic E-state index is 11.4. The number of carboxylic acid groups (broad SMARTS) is 1. The number of rotatable bonds is 5. The van der Waals surface area contributed by atoms with Crippen molar-refractivity contribution in [2.75, 3.05) is 11.6 Å². The Labute approximate surface area is 130 Å². The third-order valence-corrected chi connectivity index (χ3v) is 5.03. The van der Waals surface area contributed by atoms with Crippen LogP contribution in [0, 0.1) is 0 Å². The van der Waals surface area contributed by atoms with Crippen LogP contribution in [0.25, 0.3) is 0 Å². The number of hydrogen-bond donors (Lipinski definition) is 2. The van der Waals surface area contributed by atoms with E-state index in [1.54, 1.807) is 6.20 Å². The molecule has 0 spiro atoms.